The van der Waals surface area contributed by atoms with Gasteiger partial charge in [0.2, 0.25) is 0 Å². The van der Waals surface area contributed by atoms with Crippen molar-refractivity contribution in [3.05, 3.63) is 65.7 Å². The number of carbonyl (C=O) groups is 1. The van der Waals surface area contributed by atoms with Gasteiger partial charge in [-0.1, -0.05) is 41.9 Å². The van der Waals surface area contributed by atoms with Crippen LogP contribution in [0.3, 0.4) is 0 Å². The standard InChI is InChI=1S/C24H21ClF3N7O4/c25-14-6-13(8-29-9-14)19-33-20(30-7-12-4-2-1-3-5-12)15-21(34-19)35(11-32-15)23-17(37)16(36)18(39-23)22(38)31-10-24(26,27)28/h1-6,8-9,11,16-18,23,36-37H,7,10H2,(H,31,38)(H,30,33,34)/t16-,17+,18-,23+/m0/s1. The molecule has 4 atom stereocenters. The van der Waals surface area contributed by atoms with Gasteiger partial charge in [-0.3, -0.25) is 14.3 Å². The van der Waals surface area contributed by atoms with Crippen LogP contribution in [0.25, 0.3) is 22.6 Å². The number of fused-ring (bicyclic) bond motifs is 1. The Kier molecular flexibility index (Phi) is 7.36. The van der Waals surface area contributed by atoms with Crippen molar-refractivity contribution in [1.82, 2.24) is 29.8 Å². The van der Waals surface area contributed by atoms with Crippen LogP contribution < -0.4 is 10.6 Å². The quantitative estimate of drug-likeness (QED) is 0.266. The SMILES string of the molecule is O=C(NCC(F)(F)F)[C@H]1O[C@@H](n2cnc3c(NCc4ccccc4)nc(-c4cncc(Cl)c4)nc32)[C@H](O)[C@@H]1O. The number of anilines is 1. The molecule has 0 bridgehead atoms. The number of nitrogens with zero attached hydrogens (tertiary/aromatic N) is 5. The highest BCUT2D eigenvalue weighted by Gasteiger charge is 2.48. The van der Waals surface area contributed by atoms with Crippen LogP contribution in [-0.4, -0.2) is 71.7 Å². The molecule has 0 aliphatic carbocycles. The molecule has 3 aromatic heterocycles. The Morgan fingerprint density at radius 2 is 1.90 bits per heavy atom. The molecule has 0 radical (unpaired) electrons. The molecule has 1 fully saturated rings. The third kappa shape index (κ3) is 5.78. The number of aliphatic hydroxyl groups is 2. The number of benzene rings is 1. The number of hydrogen-bond acceptors (Lipinski definition) is 9. The van der Waals surface area contributed by atoms with Crippen LogP contribution in [0.1, 0.15) is 11.8 Å². The minimum Gasteiger partial charge on any atom is -0.387 e. The summed E-state index contributed by atoms with van der Waals surface area (Å²) >= 11 is 6.10. The van der Waals surface area contributed by atoms with Crippen molar-refractivity contribution in [2.45, 2.75) is 37.3 Å². The fourth-order valence-electron chi connectivity index (χ4n) is 4.06. The van der Waals surface area contributed by atoms with Gasteiger partial charge in [-0.15, -0.1) is 0 Å². The van der Waals surface area contributed by atoms with Gasteiger partial charge in [0, 0.05) is 24.5 Å². The fourth-order valence-corrected chi connectivity index (χ4v) is 4.24. The molecule has 1 amide bonds. The molecule has 5 rings (SSSR count). The number of carbonyl (C=O) groups excluding carboxylic acids is 1. The van der Waals surface area contributed by atoms with Crippen LogP contribution >= 0.6 is 11.6 Å². The molecular formula is C24H21ClF3N7O4. The van der Waals surface area contributed by atoms with E-state index in [0.29, 0.717) is 22.9 Å². The summed E-state index contributed by atoms with van der Waals surface area (Å²) < 4.78 is 44.5. The van der Waals surface area contributed by atoms with Crippen LogP contribution in [0.15, 0.2) is 55.1 Å². The zero-order valence-corrected chi connectivity index (χ0v) is 20.6. The number of aromatic nitrogens is 5. The Labute approximate surface area is 223 Å². The number of hydrogen-bond donors (Lipinski definition) is 4. The van der Waals surface area contributed by atoms with E-state index in [-0.39, 0.29) is 17.0 Å². The second-order valence-corrected chi connectivity index (χ2v) is 9.15. The summed E-state index contributed by atoms with van der Waals surface area (Å²) in [5, 5.41) is 26.3. The molecule has 0 spiro atoms. The molecule has 1 aliphatic rings. The lowest BCUT2D eigenvalue weighted by Crippen LogP contribution is -2.45. The lowest BCUT2D eigenvalue weighted by Gasteiger charge is -2.17. The number of halogens is 4. The van der Waals surface area contributed by atoms with Gasteiger partial charge in [-0.2, -0.15) is 13.2 Å². The van der Waals surface area contributed by atoms with Crippen molar-refractivity contribution in [2.24, 2.45) is 0 Å². The average molecular weight is 564 g/mol. The molecule has 0 unspecified atom stereocenters. The second kappa shape index (κ2) is 10.7. The first-order chi connectivity index (χ1) is 18.6. The van der Waals surface area contributed by atoms with Gasteiger partial charge in [0.1, 0.15) is 18.8 Å². The number of rotatable bonds is 7. The third-order valence-electron chi connectivity index (χ3n) is 5.92. The van der Waals surface area contributed by atoms with Crippen LogP contribution in [0.5, 0.6) is 0 Å². The summed E-state index contributed by atoms with van der Waals surface area (Å²) in [6.45, 7) is -1.23. The van der Waals surface area contributed by atoms with Gasteiger partial charge in [-0.05, 0) is 11.6 Å². The minimum absolute atomic E-state index is 0.156. The first kappa shape index (κ1) is 26.7. The largest absolute Gasteiger partial charge is 0.405 e. The van der Waals surface area contributed by atoms with Crippen molar-refractivity contribution in [1.29, 1.82) is 0 Å². The van der Waals surface area contributed by atoms with Crippen molar-refractivity contribution < 1.29 is 32.9 Å². The molecule has 204 valence electrons. The zero-order chi connectivity index (χ0) is 27.7. The summed E-state index contributed by atoms with van der Waals surface area (Å²) in [7, 11) is 0. The molecule has 11 nitrogen and oxygen atoms in total. The van der Waals surface area contributed by atoms with Crippen molar-refractivity contribution in [2.75, 3.05) is 11.9 Å². The third-order valence-corrected chi connectivity index (χ3v) is 6.13. The number of imidazole rings is 1. The molecule has 1 aromatic carbocycles. The van der Waals surface area contributed by atoms with Gasteiger partial charge in [0.05, 0.1) is 11.3 Å². The summed E-state index contributed by atoms with van der Waals surface area (Å²) in [6.07, 6.45) is -7.11. The van der Waals surface area contributed by atoms with E-state index in [0.717, 1.165) is 5.56 Å². The predicted octanol–water partition coefficient (Wildman–Crippen LogP) is 2.45. The van der Waals surface area contributed by atoms with Crippen molar-refractivity contribution >= 4 is 34.5 Å². The Hall–Kier alpha value is -3.85. The Morgan fingerprint density at radius 3 is 2.62 bits per heavy atom. The molecule has 1 saturated heterocycles. The van der Waals surface area contributed by atoms with E-state index in [1.807, 2.05) is 30.3 Å². The molecule has 4 heterocycles. The number of nitrogens with one attached hydrogen (secondary N) is 2. The lowest BCUT2D eigenvalue weighted by atomic mass is 10.1. The number of pyridine rings is 1. The van der Waals surface area contributed by atoms with E-state index in [9.17, 15) is 28.2 Å². The Bertz CT molecular complexity index is 1490. The van der Waals surface area contributed by atoms with Gasteiger partial charge in [0.15, 0.2) is 35.1 Å². The first-order valence-electron chi connectivity index (χ1n) is 11.6. The van der Waals surface area contributed by atoms with Crippen molar-refractivity contribution in [3.8, 4) is 11.4 Å². The monoisotopic (exact) mass is 563 g/mol. The maximum Gasteiger partial charge on any atom is 0.405 e. The highest BCUT2D eigenvalue weighted by atomic mass is 35.5. The van der Waals surface area contributed by atoms with E-state index in [1.54, 1.807) is 11.4 Å². The molecule has 4 N–H and O–H groups in total. The van der Waals surface area contributed by atoms with E-state index in [1.165, 1.54) is 23.3 Å². The average Bonchev–Trinajstić information content (AvgIpc) is 3.46. The maximum absolute atomic E-state index is 12.6. The first-order valence-corrected chi connectivity index (χ1v) is 12.0. The van der Waals surface area contributed by atoms with Crippen LogP contribution in [0.2, 0.25) is 5.02 Å². The number of amides is 1. The summed E-state index contributed by atoms with van der Waals surface area (Å²) in [6, 6.07) is 11.1. The highest BCUT2D eigenvalue weighted by Crippen LogP contribution is 2.34. The van der Waals surface area contributed by atoms with E-state index < -0.39 is 43.2 Å². The molecule has 15 heteroatoms. The van der Waals surface area contributed by atoms with E-state index in [2.05, 4.69) is 25.3 Å². The zero-order valence-electron chi connectivity index (χ0n) is 19.9. The Morgan fingerprint density at radius 1 is 1.13 bits per heavy atom. The summed E-state index contributed by atoms with van der Waals surface area (Å²) in [4.78, 5) is 29.8. The topological polar surface area (TPSA) is 147 Å². The van der Waals surface area contributed by atoms with Crippen LogP contribution in [0.4, 0.5) is 19.0 Å². The van der Waals surface area contributed by atoms with Gasteiger partial charge in [0.25, 0.3) is 5.91 Å². The van der Waals surface area contributed by atoms with Gasteiger partial charge < -0.3 is 25.6 Å². The van der Waals surface area contributed by atoms with Crippen LogP contribution in [0, 0.1) is 0 Å². The van der Waals surface area contributed by atoms with Gasteiger partial charge in [-0.25, -0.2) is 15.0 Å². The normalized spacial score (nSPS) is 21.3. The molecular weight excluding hydrogens is 543 g/mol. The summed E-state index contributed by atoms with van der Waals surface area (Å²) in [5.41, 5.74) is 1.86. The highest BCUT2D eigenvalue weighted by molar-refractivity contribution is 6.30. The maximum atomic E-state index is 12.6. The number of alkyl halides is 3. The minimum atomic E-state index is -4.66. The molecule has 4 aromatic rings. The van der Waals surface area contributed by atoms with Crippen molar-refractivity contribution in [3.63, 3.8) is 0 Å². The fraction of sp³-hybridized carbons (Fsp3) is 0.292. The van der Waals surface area contributed by atoms with E-state index in [4.69, 9.17) is 16.3 Å². The number of aliphatic hydroxyl groups excluding tert-OH is 2. The smallest absolute Gasteiger partial charge is 0.387 e. The van der Waals surface area contributed by atoms with E-state index >= 15 is 0 Å². The van der Waals surface area contributed by atoms with Crippen LogP contribution in [-0.2, 0) is 16.1 Å². The molecule has 0 saturated carbocycles. The number of ether oxygens (including phenoxy) is 1. The molecule has 1 aliphatic heterocycles. The molecule has 39 heavy (non-hydrogen) atoms. The second-order valence-electron chi connectivity index (χ2n) is 8.71. The summed E-state index contributed by atoms with van der Waals surface area (Å²) in [5.74, 6) is -0.705. The lowest BCUT2D eigenvalue weighted by molar-refractivity contribution is -0.149. The Balaban J connectivity index is 1.51. The van der Waals surface area contributed by atoms with Gasteiger partial charge >= 0.3 is 6.18 Å². The predicted molar refractivity (Wildman–Crippen MR) is 132 cm³/mol.